The lowest BCUT2D eigenvalue weighted by atomic mass is 10.2. The average molecular weight is 265 g/mol. The standard InChI is InChI=1S/C13H15NO3S/c1-9-2-3-11-10(8-9)14(6-7-18-11)12(15)4-5-13(16)17/h2-3,8H,4-7H2,1H3,(H,16,17). The van der Waals surface area contributed by atoms with E-state index in [1.54, 1.807) is 16.7 Å². The van der Waals surface area contributed by atoms with Crippen LogP contribution in [-0.2, 0) is 9.59 Å². The predicted molar refractivity (Wildman–Crippen MR) is 71.1 cm³/mol. The molecule has 0 spiro atoms. The molecule has 0 aromatic heterocycles. The zero-order valence-corrected chi connectivity index (χ0v) is 11.0. The number of aliphatic carboxylic acids is 1. The zero-order valence-electron chi connectivity index (χ0n) is 10.2. The number of carbonyl (C=O) groups is 2. The molecule has 18 heavy (non-hydrogen) atoms. The van der Waals surface area contributed by atoms with E-state index < -0.39 is 5.97 Å². The fourth-order valence-electron chi connectivity index (χ4n) is 1.94. The minimum Gasteiger partial charge on any atom is -0.481 e. The maximum Gasteiger partial charge on any atom is 0.303 e. The van der Waals surface area contributed by atoms with E-state index in [0.29, 0.717) is 6.54 Å². The van der Waals surface area contributed by atoms with Gasteiger partial charge in [0.15, 0.2) is 0 Å². The van der Waals surface area contributed by atoms with E-state index in [1.165, 1.54) is 0 Å². The highest BCUT2D eigenvalue weighted by Crippen LogP contribution is 2.35. The summed E-state index contributed by atoms with van der Waals surface area (Å²) in [6.45, 7) is 2.64. The number of aryl methyl sites for hydroxylation is 1. The first-order valence-corrected chi connectivity index (χ1v) is 6.82. The number of hydrogen-bond donors (Lipinski definition) is 1. The van der Waals surface area contributed by atoms with E-state index in [1.807, 2.05) is 25.1 Å². The van der Waals surface area contributed by atoms with Crippen LogP contribution >= 0.6 is 11.8 Å². The largest absolute Gasteiger partial charge is 0.481 e. The molecule has 4 nitrogen and oxygen atoms in total. The van der Waals surface area contributed by atoms with Crippen LogP contribution in [0, 0.1) is 6.92 Å². The molecule has 1 heterocycles. The predicted octanol–water partition coefficient (Wildman–Crippen LogP) is 2.30. The van der Waals surface area contributed by atoms with Crippen LogP contribution in [0.15, 0.2) is 23.1 Å². The van der Waals surface area contributed by atoms with Gasteiger partial charge in [0.1, 0.15) is 0 Å². The van der Waals surface area contributed by atoms with E-state index >= 15 is 0 Å². The van der Waals surface area contributed by atoms with Gasteiger partial charge in [-0.15, -0.1) is 11.8 Å². The Balaban J connectivity index is 2.18. The van der Waals surface area contributed by atoms with Crippen molar-refractivity contribution in [3.05, 3.63) is 23.8 Å². The quantitative estimate of drug-likeness (QED) is 0.911. The van der Waals surface area contributed by atoms with Crippen molar-refractivity contribution < 1.29 is 14.7 Å². The maximum absolute atomic E-state index is 12.0. The molecule has 0 atom stereocenters. The number of carboxylic acids is 1. The molecule has 0 radical (unpaired) electrons. The van der Waals surface area contributed by atoms with Crippen LogP contribution in [0.3, 0.4) is 0 Å². The molecule has 0 fully saturated rings. The monoisotopic (exact) mass is 265 g/mol. The highest BCUT2D eigenvalue weighted by atomic mass is 32.2. The molecule has 1 amide bonds. The topological polar surface area (TPSA) is 57.6 Å². The van der Waals surface area contributed by atoms with Gasteiger partial charge in [0.2, 0.25) is 5.91 Å². The van der Waals surface area contributed by atoms with Gasteiger partial charge >= 0.3 is 5.97 Å². The summed E-state index contributed by atoms with van der Waals surface area (Å²) < 4.78 is 0. The van der Waals surface area contributed by atoms with Crippen LogP contribution in [0.25, 0.3) is 0 Å². The number of rotatable bonds is 3. The Morgan fingerprint density at radius 2 is 2.17 bits per heavy atom. The van der Waals surface area contributed by atoms with E-state index in [0.717, 1.165) is 21.9 Å². The van der Waals surface area contributed by atoms with Crippen LogP contribution < -0.4 is 4.90 Å². The average Bonchev–Trinajstić information content (AvgIpc) is 2.35. The minimum atomic E-state index is -0.931. The molecule has 1 aliphatic heterocycles. The Kier molecular flexibility index (Phi) is 3.91. The van der Waals surface area contributed by atoms with Crippen molar-refractivity contribution in [3.8, 4) is 0 Å². The van der Waals surface area contributed by atoms with Gasteiger partial charge in [-0.1, -0.05) is 6.07 Å². The second-order valence-electron chi connectivity index (χ2n) is 4.26. The van der Waals surface area contributed by atoms with Gasteiger partial charge in [0.25, 0.3) is 0 Å². The normalized spacial score (nSPS) is 14.2. The lowest BCUT2D eigenvalue weighted by Gasteiger charge is -2.29. The van der Waals surface area contributed by atoms with Crippen molar-refractivity contribution in [3.63, 3.8) is 0 Å². The smallest absolute Gasteiger partial charge is 0.303 e. The van der Waals surface area contributed by atoms with Crippen molar-refractivity contribution in [2.24, 2.45) is 0 Å². The first kappa shape index (κ1) is 13.0. The van der Waals surface area contributed by atoms with Crippen LogP contribution in [-0.4, -0.2) is 29.3 Å². The summed E-state index contributed by atoms with van der Waals surface area (Å²) in [4.78, 5) is 25.3. The molecule has 0 unspecified atom stereocenters. The second-order valence-corrected chi connectivity index (χ2v) is 5.40. The first-order valence-electron chi connectivity index (χ1n) is 5.83. The zero-order chi connectivity index (χ0) is 13.1. The molecule has 1 N–H and O–H groups in total. The molecule has 0 aliphatic carbocycles. The number of hydrogen-bond acceptors (Lipinski definition) is 3. The third-order valence-corrected chi connectivity index (χ3v) is 3.87. The van der Waals surface area contributed by atoms with Gasteiger partial charge < -0.3 is 10.0 Å². The number of carbonyl (C=O) groups excluding carboxylic acids is 1. The number of thioether (sulfide) groups is 1. The molecule has 2 rings (SSSR count). The van der Waals surface area contributed by atoms with Crippen molar-refractivity contribution in [1.82, 2.24) is 0 Å². The summed E-state index contributed by atoms with van der Waals surface area (Å²) in [6.07, 6.45) is -0.0446. The molecular weight excluding hydrogens is 250 g/mol. The molecule has 1 aromatic rings. The van der Waals surface area contributed by atoms with E-state index in [9.17, 15) is 9.59 Å². The Morgan fingerprint density at radius 3 is 2.89 bits per heavy atom. The lowest BCUT2D eigenvalue weighted by Crippen LogP contribution is -2.35. The van der Waals surface area contributed by atoms with Crippen LogP contribution in [0.5, 0.6) is 0 Å². The maximum atomic E-state index is 12.0. The number of anilines is 1. The number of fused-ring (bicyclic) bond motifs is 1. The van der Waals surface area contributed by atoms with Gasteiger partial charge in [0.05, 0.1) is 12.1 Å². The van der Waals surface area contributed by atoms with Crippen molar-refractivity contribution >= 4 is 29.3 Å². The molecule has 0 saturated carbocycles. The van der Waals surface area contributed by atoms with E-state index in [2.05, 4.69) is 0 Å². The number of carboxylic acid groups (broad SMARTS) is 1. The van der Waals surface area contributed by atoms with Crippen LogP contribution in [0.1, 0.15) is 18.4 Å². The lowest BCUT2D eigenvalue weighted by molar-refractivity contribution is -0.138. The Labute approximate surface area is 110 Å². The summed E-state index contributed by atoms with van der Waals surface area (Å²) in [5, 5.41) is 8.63. The molecule has 1 aliphatic rings. The summed E-state index contributed by atoms with van der Waals surface area (Å²) in [6, 6.07) is 6.03. The molecule has 0 bridgehead atoms. The van der Waals surface area contributed by atoms with Gasteiger partial charge in [-0.05, 0) is 24.6 Å². The van der Waals surface area contributed by atoms with E-state index in [-0.39, 0.29) is 18.7 Å². The summed E-state index contributed by atoms with van der Waals surface area (Å²) in [5.74, 6) is -0.182. The summed E-state index contributed by atoms with van der Waals surface area (Å²) in [5.41, 5.74) is 2.02. The van der Waals surface area contributed by atoms with Gasteiger partial charge in [-0.3, -0.25) is 9.59 Å². The highest BCUT2D eigenvalue weighted by Gasteiger charge is 2.23. The van der Waals surface area contributed by atoms with Crippen LogP contribution in [0.2, 0.25) is 0 Å². The third kappa shape index (κ3) is 2.85. The summed E-state index contributed by atoms with van der Waals surface area (Å²) >= 11 is 1.73. The Morgan fingerprint density at radius 1 is 1.39 bits per heavy atom. The molecule has 5 heteroatoms. The fraction of sp³-hybridized carbons (Fsp3) is 0.385. The highest BCUT2D eigenvalue weighted by molar-refractivity contribution is 7.99. The molecule has 1 aromatic carbocycles. The summed E-state index contributed by atoms with van der Waals surface area (Å²) in [7, 11) is 0. The Bertz CT molecular complexity index is 487. The number of benzene rings is 1. The molecular formula is C13H15NO3S. The van der Waals surface area contributed by atoms with Gasteiger partial charge in [-0.25, -0.2) is 0 Å². The Hall–Kier alpha value is -1.49. The van der Waals surface area contributed by atoms with Gasteiger partial charge in [-0.2, -0.15) is 0 Å². The van der Waals surface area contributed by atoms with Crippen LogP contribution in [0.4, 0.5) is 5.69 Å². The number of nitrogens with zero attached hydrogens (tertiary/aromatic N) is 1. The minimum absolute atomic E-state index is 0.0629. The van der Waals surface area contributed by atoms with Gasteiger partial charge in [0, 0.05) is 23.6 Å². The van der Waals surface area contributed by atoms with E-state index in [4.69, 9.17) is 5.11 Å². The third-order valence-electron chi connectivity index (χ3n) is 2.83. The fourth-order valence-corrected chi connectivity index (χ4v) is 2.91. The van der Waals surface area contributed by atoms with Crippen molar-refractivity contribution in [1.29, 1.82) is 0 Å². The van der Waals surface area contributed by atoms with Crippen molar-refractivity contribution in [2.75, 3.05) is 17.2 Å². The molecule has 96 valence electrons. The second kappa shape index (κ2) is 5.44. The number of amides is 1. The first-order chi connectivity index (χ1) is 8.58. The SMILES string of the molecule is Cc1ccc2c(c1)N(C(=O)CCC(=O)O)CCS2. The van der Waals surface area contributed by atoms with Crippen molar-refractivity contribution in [2.45, 2.75) is 24.7 Å². The molecule has 0 saturated heterocycles.